The van der Waals surface area contributed by atoms with Crippen molar-refractivity contribution in [3.8, 4) is 17.2 Å². The minimum absolute atomic E-state index is 0.347. The molecule has 22 heavy (non-hydrogen) atoms. The molecule has 0 N–H and O–H groups in total. The van der Waals surface area contributed by atoms with Crippen molar-refractivity contribution in [3.63, 3.8) is 0 Å². The summed E-state index contributed by atoms with van der Waals surface area (Å²) in [6, 6.07) is 3.58. The normalized spacial score (nSPS) is 10.5. The first-order valence-corrected chi connectivity index (χ1v) is 7.39. The molecule has 1 aromatic rings. The van der Waals surface area contributed by atoms with Crippen molar-refractivity contribution in [2.24, 2.45) is 0 Å². The Kier molecular flexibility index (Phi) is 7.89. The van der Waals surface area contributed by atoms with Crippen LogP contribution in [0.5, 0.6) is 17.2 Å². The molecule has 0 spiro atoms. The maximum Gasteiger partial charge on any atom is 0.330 e. The number of ether oxygens (including phenoxy) is 4. The van der Waals surface area contributed by atoms with Crippen LogP contribution < -0.4 is 14.2 Å². The van der Waals surface area contributed by atoms with E-state index in [1.165, 1.54) is 6.08 Å². The maximum atomic E-state index is 11.4. The van der Waals surface area contributed by atoms with E-state index in [0.717, 1.165) is 18.4 Å². The molecule has 5 heteroatoms. The standard InChI is InChI=1S/C17H24O5/c1-5-7-10-22-17-14(19-3)11-13(12-15(17)20-4)8-9-16(18)21-6-2/h8-9,11-12H,5-7,10H2,1-4H3/b9-8+. The van der Waals surface area contributed by atoms with Gasteiger partial charge in [-0.15, -0.1) is 0 Å². The Morgan fingerprint density at radius 1 is 1.14 bits per heavy atom. The van der Waals surface area contributed by atoms with E-state index < -0.39 is 0 Å². The molecule has 1 rings (SSSR count). The van der Waals surface area contributed by atoms with Gasteiger partial charge < -0.3 is 18.9 Å². The molecule has 0 aliphatic heterocycles. The lowest BCUT2D eigenvalue weighted by molar-refractivity contribution is -0.137. The molecule has 0 saturated heterocycles. The van der Waals surface area contributed by atoms with Crippen LogP contribution in [0.25, 0.3) is 6.08 Å². The molecule has 0 unspecified atom stereocenters. The number of methoxy groups -OCH3 is 2. The van der Waals surface area contributed by atoms with Crippen LogP contribution in [0.3, 0.4) is 0 Å². The highest BCUT2D eigenvalue weighted by Crippen LogP contribution is 2.39. The third-order valence-electron chi connectivity index (χ3n) is 2.93. The average Bonchev–Trinajstić information content (AvgIpc) is 2.53. The lowest BCUT2D eigenvalue weighted by Gasteiger charge is -2.15. The fourth-order valence-electron chi connectivity index (χ4n) is 1.81. The van der Waals surface area contributed by atoms with Crippen LogP contribution in [0.2, 0.25) is 0 Å². The van der Waals surface area contributed by atoms with Crippen molar-refractivity contribution in [2.75, 3.05) is 27.4 Å². The number of unbranched alkanes of at least 4 members (excludes halogenated alkanes) is 1. The summed E-state index contributed by atoms with van der Waals surface area (Å²) in [7, 11) is 3.14. The molecule has 0 aliphatic rings. The van der Waals surface area contributed by atoms with Crippen LogP contribution in [0.1, 0.15) is 32.3 Å². The maximum absolute atomic E-state index is 11.4. The van der Waals surface area contributed by atoms with Gasteiger partial charge >= 0.3 is 5.97 Å². The number of esters is 1. The van der Waals surface area contributed by atoms with E-state index in [0.29, 0.717) is 30.5 Å². The highest BCUT2D eigenvalue weighted by molar-refractivity contribution is 5.87. The van der Waals surface area contributed by atoms with Crippen LogP contribution in [0, 0.1) is 0 Å². The quantitative estimate of drug-likeness (QED) is 0.397. The molecule has 0 bridgehead atoms. The van der Waals surface area contributed by atoms with E-state index in [-0.39, 0.29) is 5.97 Å². The number of rotatable bonds is 9. The summed E-state index contributed by atoms with van der Waals surface area (Å²) in [4.78, 5) is 11.4. The molecule has 122 valence electrons. The van der Waals surface area contributed by atoms with E-state index in [2.05, 4.69) is 6.92 Å². The highest BCUT2D eigenvalue weighted by atomic mass is 16.5. The Hall–Kier alpha value is -2.17. The molecule has 0 saturated carbocycles. The van der Waals surface area contributed by atoms with Gasteiger partial charge in [0, 0.05) is 6.08 Å². The molecule has 0 aliphatic carbocycles. The zero-order valence-corrected chi connectivity index (χ0v) is 13.7. The Labute approximate surface area is 131 Å². The Bertz CT molecular complexity index is 483. The number of carbonyl (C=O) groups is 1. The molecule has 0 aromatic heterocycles. The second-order valence-electron chi connectivity index (χ2n) is 4.54. The van der Waals surface area contributed by atoms with E-state index in [1.54, 1.807) is 39.4 Å². The summed E-state index contributed by atoms with van der Waals surface area (Å²) in [5.74, 6) is 1.33. The summed E-state index contributed by atoms with van der Waals surface area (Å²) < 4.78 is 21.3. The van der Waals surface area contributed by atoms with Crippen LogP contribution in [-0.4, -0.2) is 33.4 Å². The Morgan fingerprint density at radius 2 is 1.77 bits per heavy atom. The monoisotopic (exact) mass is 308 g/mol. The summed E-state index contributed by atoms with van der Waals surface area (Å²) in [6.45, 7) is 4.81. The van der Waals surface area contributed by atoms with Gasteiger partial charge in [-0.1, -0.05) is 13.3 Å². The first kappa shape index (κ1) is 17.9. The van der Waals surface area contributed by atoms with Gasteiger partial charge in [-0.2, -0.15) is 0 Å². The van der Waals surface area contributed by atoms with Crippen molar-refractivity contribution < 1.29 is 23.7 Å². The van der Waals surface area contributed by atoms with Crippen molar-refractivity contribution in [1.29, 1.82) is 0 Å². The van der Waals surface area contributed by atoms with Gasteiger partial charge in [0.15, 0.2) is 11.5 Å². The van der Waals surface area contributed by atoms with Gasteiger partial charge in [-0.05, 0) is 37.1 Å². The molecule has 0 fully saturated rings. The second-order valence-corrected chi connectivity index (χ2v) is 4.54. The minimum atomic E-state index is -0.385. The first-order chi connectivity index (χ1) is 10.7. The molecule has 0 radical (unpaired) electrons. The molecular formula is C17H24O5. The van der Waals surface area contributed by atoms with Crippen molar-refractivity contribution in [1.82, 2.24) is 0 Å². The lowest BCUT2D eigenvalue weighted by atomic mass is 10.1. The van der Waals surface area contributed by atoms with E-state index in [1.807, 2.05) is 0 Å². The van der Waals surface area contributed by atoms with Gasteiger partial charge in [0.1, 0.15) is 0 Å². The minimum Gasteiger partial charge on any atom is -0.493 e. The molecule has 0 atom stereocenters. The molecule has 5 nitrogen and oxygen atoms in total. The fourth-order valence-corrected chi connectivity index (χ4v) is 1.81. The summed E-state index contributed by atoms with van der Waals surface area (Å²) in [5.41, 5.74) is 0.768. The topological polar surface area (TPSA) is 54.0 Å². The van der Waals surface area contributed by atoms with E-state index >= 15 is 0 Å². The van der Waals surface area contributed by atoms with Crippen LogP contribution in [0.15, 0.2) is 18.2 Å². The van der Waals surface area contributed by atoms with E-state index in [4.69, 9.17) is 18.9 Å². The molecule has 0 amide bonds. The van der Waals surface area contributed by atoms with Gasteiger partial charge in [0.05, 0.1) is 27.4 Å². The summed E-state index contributed by atoms with van der Waals surface area (Å²) >= 11 is 0. The largest absolute Gasteiger partial charge is 0.493 e. The van der Waals surface area contributed by atoms with Gasteiger partial charge in [-0.3, -0.25) is 0 Å². The summed E-state index contributed by atoms with van der Waals surface area (Å²) in [6.07, 6.45) is 5.02. The molecule has 1 aromatic carbocycles. The smallest absolute Gasteiger partial charge is 0.330 e. The van der Waals surface area contributed by atoms with Gasteiger partial charge in [0.25, 0.3) is 0 Å². The number of carbonyl (C=O) groups excluding carboxylic acids is 1. The first-order valence-electron chi connectivity index (χ1n) is 7.39. The SMILES string of the molecule is CCCCOc1c(OC)cc(/C=C/C(=O)OCC)cc1OC. The predicted octanol–water partition coefficient (Wildman–Crippen LogP) is 3.46. The van der Waals surface area contributed by atoms with Crippen molar-refractivity contribution in [2.45, 2.75) is 26.7 Å². The number of benzene rings is 1. The summed E-state index contributed by atoms with van der Waals surface area (Å²) in [5, 5.41) is 0. The molecule has 0 heterocycles. The van der Waals surface area contributed by atoms with Crippen LogP contribution >= 0.6 is 0 Å². The second kappa shape index (κ2) is 9.71. The van der Waals surface area contributed by atoms with Gasteiger partial charge in [-0.25, -0.2) is 4.79 Å². The van der Waals surface area contributed by atoms with Crippen LogP contribution in [-0.2, 0) is 9.53 Å². The molecular weight excluding hydrogens is 284 g/mol. The zero-order valence-electron chi connectivity index (χ0n) is 13.7. The Balaban J connectivity index is 3.00. The van der Waals surface area contributed by atoms with Gasteiger partial charge in [0.2, 0.25) is 5.75 Å². The number of hydrogen-bond donors (Lipinski definition) is 0. The van der Waals surface area contributed by atoms with Crippen molar-refractivity contribution >= 4 is 12.0 Å². The third kappa shape index (κ3) is 5.31. The third-order valence-corrected chi connectivity index (χ3v) is 2.93. The Morgan fingerprint density at radius 3 is 2.27 bits per heavy atom. The average molecular weight is 308 g/mol. The lowest BCUT2D eigenvalue weighted by Crippen LogP contribution is -2.02. The number of hydrogen-bond acceptors (Lipinski definition) is 5. The highest BCUT2D eigenvalue weighted by Gasteiger charge is 2.13. The van der Waals surface area contributed by atoms with Crippen molar-refractivity contribution in [3.05, 3.63) is 23.8 Å². The fraction of sp³-hybridized carbons (Fsp3) is 0.471. The van der Waals surface area contributed by atoms with E-state index in [9.17, 15) is 4.79 Å². The zero-order chi connectivity index (χ0) is 16.4. The predicted molar refractivity (Wildman–Crippen MR) is 85.6 cm³/mol. The van der Waals surface area contributed by atoms with Crippen LogP contribution in [0.4, 0.5) is 0 Å².